The van der Waals surface area contributed by atoms with Gasteiger partial charge in [-0.1, -0.05) is 41.4 Å². The van der Waals surface area contributed by atoms with Crippen LogP contribution in [0.25, 0.3) is 0 Å². The summed E-state index contributed by atoms with van der Waals surface area (Å²) in [6.07, 6.45) is 0. The summed E-state index contributed by atoms with van der Waals surface area (Å²) in [4.78, 5) is 12.0. The van der Waals surface area contributed by atoms with Crippen LogP contribution in [0.1, 0.15) is 11.1 Å². The molecule has 1 N–H and O–H groups in total. The molecule has 0 saturated carbocycles. The summed E-state index contributed by atoms with van der Waals surface area (Å²) in [5, 5.41) is 3.78. The van der Waals surface area contributed by atoms with E-state index >= 15 is 0 Å². The van der Waals surface area contributed by atoms with E-state index in [0.29, 0.717) is 15.8 Å². The average Bonchev–Trinajstić information content (AvgIpc) is 2.40. The van der Waals surface area contributed by atoms with Gasteiger partial charge < -0.3 is 10.1 Å². The van der Waals surface area contributed by atoms with Crippen molar-refractivity contribution in [2.24, 2.45) is 0 Å². The quantitative estimate of drug-likeness (QED) is 0.890. The molecule has 0 unspecified atom stereocenters. The van der Waals surface area contributed by atoms with Gasteiger partial charge in [-0.15, -0.1) is 0 Å². The molecule has 0 aliphatic rings. The summed E-state index contributed by atoms with van der Waals surface area (Å²) in [5.41, 5.74) is 2.83. The number of carbonyl (C=O) groups is 1. The van der Waals surface area contributed by atoms with Crippen LogP contribution in [-0.4, -0.2) is 12.5 Å². The van der Waals surface area contributed by atoms with Crippen LogP contribution < -0.4 is 10.1 Å². The van der Waals surface area contributed by atoms with E-state index in [-0.39, 0.29) is 12.5 Å². The number of rotatable bonds is 4. The van der Waals surface area contributed by atoms with Gasteiger partial charge >= 0.3 is 0 Å². The molecule has 0 aromatic heterocycles. The van der Waals surface area contributed by atoms with E-state index in [1.54, 1.807) is 18.2 Å². The number of hydrogen-bond acceptors (Lipinski definition) is 2. The first kappa shape index (κ1) is 15.7. The molecule has 2 rings (SSSR count). The van der Waals surface area contributed by atoms with Crippen LogP contribution in [-0.2, 0) is 4.79 Å². The second kappa shape index (κ2) is 6.83. The highest BCUT2D eigenvalue weighted by atomic mass is 35.5. The third-order valence-corrected chi connectivity index (χ3v) is 3.39. The zero-order chi connectivity index (χ0) is 15.4. The second-order valence-corrected chi connectivity index (χ2v) is 5.58. The van der Waals surface area contributed by atoms with Gasteiger partial charge in [0, 0.05) is 15.7 Å². The van der Waals surface area contributed by atoms with Crippen molar-refractivity contribution in [3.05, 3.63) is 57.6 Å². The minimum absolute atomic E-state index is 0.107. The van der Waals surface area contributed by atoms with E-state index in [1.807, 2.05) is 32.0 Å². The van der Waals surface area contributed by atoms with E-state index in [4.69, 9.17) is 27.9 Å². The first-order valence-electron chi connectivity index (χ1n) is 6.40. The van der Waals surface area contributed by atoms with Gasteiger partial charge in [-0.3, -0.25) is 4.79 Å². The predicted molar refractivity (Wildman–Crippen MR) is 86.5 cm³/mol. The molecule has 0 saturated heterocycles. The second-order valence-electron chi connectivity index (χ2n) is 4.71. The molecule has 21 heavy (non-hydrogen) atoms. The average molecular weight is 324 g/mol. The van der Waals surface area contributed by atoms with Crippen molar-refractivity contribution in [1.29, 1.82) is 0 Å². The van der Waals surface area contributed by atoms with Crippen molar-refractivity contribution >= 4 is 34.8 Å². The standard InChI is InChI=1S/C16H15Cl2NO2/c1-10-4-3-5-11(2)16(10)19-15(20)9-21-14-7-12(17)6-13(18)8-14/h3-8H,9H2,1-2H3,(H,19,20). The molecule has 2 aromatic rings. The lowest BCUT2D eigenvalue weighted by atomic mass is 10.1. The molecule has 0 atom stereocenters. The molecule has 5 heteroatoms. The Morgan fingerprint density at radius 1 is 1.10 bits per heavy atom. The molecule has 1 amide bonds. The van der Waals surface area contributed by atoms with Gasteiger partial charge in [-0.25, -0.2) is 0 Å². The van der Waals surface area contributed by atoms with Gasteiger partial charge in [0.15, 0.2) is 6.61 Å². The Morgan fingerprint density at radius 2 is 1.67 bits per heavy atom. The molecule has 2 aromatic carbocycles. The Labute approximate surface area is 133 Å². The van der Waals surface area contributed by atoms with E-state index in [2.05, 4.69) is 5.32 Å². The van der Waals surface area contributed by atoms with Crippen LogP contribution in [0.2, 0.25) is 10.0 Å². The Kier molecular flexibility index (Phi) is 5.10. The lowest BCUT2D eigenvalue weighted by molar-refractivity contribution is -0.118. The molecule has 0 aliphatic carbocycles. The summed E-state index contributed by atoms with van der Waals surface area (Å²) in [6, 6.07) is 10.7. The predicted octanol–water partition coefficient (Wildman–Crippen LogP) is 4.63. The van der Waals surface area contributed by atoms with Crippen LogP contribution in [0.5, 0.6) is 5.75 Å². The van der Waals surface area contributed by atoms with Crippen LogP contribution in [0.4, 0.5) is 5.69 Å². The molecule has 0 bridgehead atoms. The molecular weight excluding hydrogens is 309 g/mol. The first-order chi connectivity index (χ1) is 9.95. The highest BCUT2D eigenvalue weighted by Crippen LogP contribution is 2.24. The van der Waals surface area contributed by atoms with Crippen molar-refractivity contribution in [2.75, 3.05) is 11.9 Å². The number of benzene rings is 2. The number of halogens is 2. The summed E-state index contributed by atoms with van der Waals surface area (Å²) >= 11 is 11.7. The van der Waals surface area contributed by atoms with Gasteiger partial charge in [0.1, 0.15) is 5.75 Å². The summed E-state index contributed by atoms with van der Waals surface area (Å²) in [6.45, 7) is 3.78. The minimum atomic E-state index is -0.233. The number of anilines is 1. The molecular formula is C16H15Cl2NO2. The third-order valence-electron chi connectivity index (χ3n) is 2.95. The fraction of sp³-hybridized carbons (Fsp3) is 0.188. The SMILES string of the molecule is Cc1cccc(C)c1NC(=O)COc1cc(Cl)cc(Cl)c1. The normalized spacial score (nSPS) is 10.3. The number of ether oxygens (including phenoxy) is 1. The molecule has 0 fully saturated rings. The van der Waals surface area contributed by atoms with E-state index < -0.39 is 0 Å². The Hall–Kier alpha value is -1.71. The van der Waals surface area contributed by atoms with Crippen molar-refractivity contribution < 1.29 is 9.53 Å². The number of hydrogen-bond donors (Lipinski definition) is 1. The molecule has 0 radical (unpaired) electrons. The molecule has 0 heterocycles. The maximum Gasteiger partial charge on any atom is 0.262 e. The number of amides is 1. The molecule has 3 nitrogen and oxygen atoms in total. The Morgan fingerprint density at radius 3 is 2.24 bits per heavy atom. The van der Waals surface area contributed by atoms with E-state index in [9.17, 15) is 4.79 Å². The van der Waals surface area contributed by atoms with Crippen molar-refractivity contribution in [1.82, 2.24) is 0 Å². The number of para-hydroxylation sites is 1. The summed E-state index contributed by atoms with van der Waals surface area (Å²) in [5.74, 6) is 0.229. The van der Waals surface area contributed by atoms with Crippen LogP contribution in [0.15, 0.2) is 36.4 Å². The fourth-order valence-electron chi connectivity index (χ4n) is 1.95. The molecule has 110 valence electrons. The molecule has 0 aliphatic heterocycles. The number of nitrogens with one attached hydrogen (secondary N) is 1. The third kappa shape index (κ3) is 4.38. The molecule has 0 spiro atoms. The largest absolute Gasteiger partial charge is 0.484 e. The topological polar surface area (TPSA) is 38.3 Å². The lowest BCUT2D eigenvalue weighted by Crippen LogP contribution is -2.21. The van der Waals surface area contributed by atoms with E-state index in [1.165, 1.54) is 0 Å². The van der Waals surface area contributed by atoms with Crippen molar-refractivity contribution in [3.63, 3.8) is 0 Å². The van der Waals surface area contributed by atoms with Crippen LogP contribution in [0, 0.1) is 13.8 Å². The monoisotopic (exact) mass is 323 g/mol. The highest BCUT2D eigenvalue weighted by Gasteiger charge is 2.08. The minimum Gasteiger partial charge on any atom is -0.484 e. The zero-order valence-electron chi connectivity index (χ0n) is 11.7. The zero-order valence-corrected chi connectivity index (χ0v) is 13.3. The first-order valence-corrected chi connectivity index (χ1v) is 7.16. The summed E-state index contributed by atoms with van der Waals surface area (Å²) in [7, 11) is 0. The van der Waals surface area contributed by atoms with Gasteiger partial charge in [-0.2, -0.15) is 0 Å². The number of aryl methyl sites for hydroxylation is 2. The van der Waals surface area contributed by atoms with Gasteiger partial charge in [0.05, 0.1) is 0 Å². The Balaban J connectivity index is 1.99. The Bertz CT molecular complexity index is 631. The smallest absolute Gasteiger partial charge is 0.262 e. The van der Waals surface area contributed by atoms with Crippen LogP contribution in [0.3, 0.4) is 0 Å². The van der Waals surface area contributed by atoms with Crippen molar-refractivity contribution in [2.45, 2.75) is 13.8 Å². The van der Waals surface area contributed by atoms with Gasteiger partial charge in [0.25, 0.3) is 5.91 Å². The summed E-state index contributed by atoms with van der Waals surface area (Å²) < 4.78 is 5.40. The van der Waals surface area contributed by atoms with Gasteiger partial charge in [0.2, 0.25) is 0 Å². The lowest BCUT2D eigenvalue weighted by Gasteiger charge is -2.12. The van der Waals surface area contributed by atoms with E-state index in [0.717, 1.165) is 16.8 Å². The number of carbonyl (C=O) groups excluding carboxylic acids is 1. The maximum atomic E-state index is 12.0. The fourth-order valence-corrected chi connectivity index (χ4v) is 2.45. The van der Waals surface area contributed by atoms with Gasteiger partial charge in [-0.05, 0) is 43.2 Å². The highest BCUT2D eigenvalue weighted by molar-refractivity contribution is 6.34. The van der Waals surface area contributed by atoms with Crippen molar-refractivity contribution in [3.8, 4) is 5.75 Å². The van der Waals surface area contributed by atoms with Crippen LogP contribution >= 0.6 is 23.2 Å². The maximum absolute atomic E-state index is 12.0.